The molecule has 8 heteroatoms. The molecule has 4 rings (SSSR count). The minimum absolute atomic E-state index is 0. The van der Waals surface area contributed by atoms with Crippen molar-refractivity contribution in [2.45, 2.75) is 30.2 Å². The van der Waals surface area contributed by atoms with Gasteiger partial charge in [0.15, 0.2) is 9.84 Å². The molecule has 0 amide bonds. The minimum atomic E-state index is -3.37. The van der Waals surface area contributed by atoms with E-state index in [-0.39, 0.29) is 43.5 Å². The highest BCUT2D eigenvalue weighted by atomic mass is 127. The van der Waals surface area contributed by atoms with Crippen LogP contribution in [0.15, 0.2) is 65.6 Å². The molecule has 3 aromatic rings. The summed E-state index contributed by atoms with van der Waals surface area (Å²) in [4.78, 5) is 0.170. The number of hydrogen-bond acceptors (Lipinski definition) is 6. The van der Waals surface area contributed by atoms with Crippen LogP contribution < -0.4 is 11.1 Å². The molecule has 0 aromatic heterocycles. The van der Waals surface area contributed by atoms with Crippen LogP contribution in [0.1, 0.15) is 49.6 Å². The van der Waals surface area contributed by atoms with Gasteiger partial charge in [-0.1, -0.05) is 18.2 Å². The normalized spacial score (nSPS) is 15.0. The van der Waals surface area contributed by atoms with E-state index in [9.17, 15) is 13.7 Å². The second-order valence-corrected chi connectivity index (χ2v) is 10.1. The van der Waals surface area contributed by atoms with E-state index in [2.05, 4.69) is 11.4 Å². The van der Waals surface area contributed by atoms with Gasteiger partial charge in [0.25, 0.3) is 0 Å². The number of hydrogen-bond donors (Lipinski definition) is 3. The second-order valence-electron chi connectivity index (χ2n) is 8.09. The Morgan fingerprint density at radius 2 is 1.97 bits per heavy atom. The first kappa shape index (κ1) is 24.7. The fraction of sp³-hybridized carbons (Fsp3) is 0.200. The van der Waals surface area contributed by atoms with E-state index < -0.39 is 9.84 Å². The van der Waals surface area contributed by atoms with Crippen molar-refractivity contribution in [3.8, 4) is 6.07 Å². The third-order valence-corrected chi connectivity index (χ3v) is 6.91. The molecule has 1 atom stereocenters. The Morgan fingerprint density at radius 3 is 2.70 bits per heavy atom. The number of nitrogens with zero attached hydrogens (tertiary/aromatic N) is 1. The van der Waals surface area contributed by atoms with Crippen LogP contribution in [0.25, 0.3) is 0 Å². The number of aryl methyl sites for hydroxylation is 1. The van der Waals surface area contributed by atoms with E-state index in [1.165, 1.54) is 23.3 Å². The highest BCUT2D eigenvalue weighted by Crippen LogP contribution is 2.34. The lowest BCUT2D eigenvalue weighted by atomic mass is 9.86. The van der Waals surface area contributed by atoms with Gasteiger partial charge in [-0.25, -0.2) is 8.42 Å². The topological polar surface area (TPSA) is 120 Å². The SMILES string of the molecule is CS(=O)(=O)c1cccc(C(=N)c2cc(N[C@H]3CCCc4cc(C#N)ccc43)ccc2N)c1.I.[HH].[HH]. The van der Waals surface area contributed by atoms with Gasteiger partial charge in [-0.05, 0) is 72.9 Å². The zero-order valence-corrected chi connectivity index (χ0v) is 21.3. The number of nitriles is 1. The molecule has 6 nitrogen and oxygen atoms in total. The number of rotatable bonds is 5. The standard InChI is InChI=1S/C25H24N4O2S.HI.2H2/c1-32(30,31)20-6-2-5-18(13-20)25(28)22-14-19(9-11-23(22)27)29-24-7-3-4-17-12-16(15-26)8-10-21(17)24;;;/h2,5-6,8-14,24,28-29H,3-4,7,27H2,1H3;3*1H/t24-;;;/m0.../s1. The molecule has 174 valence electrons. The van der Waals surface area contributed by atoms with Crippen LogP contribution in [0.3, 0.4) is 0 Å². The zero-order valence-electron chi connectivity index (χ0n) is 18.1. The number of nitrogen functional groups attached to an aromatic ring is 1. The first-order chi connectivity index (χ1) is 15.3. The fourth-order valence-corrected chi connectivity index (χ4v) is 4.80. The molecule has 0 bridgehead atoms. The lowest BCUT2D eigenvalue weighted by Crippen LogP contribution is -2.18. The van der Waals surface area contributed by atoms with Crippen molar-refractivity contribution < 1.29 is 11.3 Å². The molecule has 3 aromatic carbocycles. The van der Waals surface area contributed by atoms with Gasteiger partial charge in [-0.15, -0.1) is 24.0 Å². The van der Waals surface area contributed by atoms with Gasteiger partial charge in [0, 0.05) is 31.6 Å². The van der Waals surface area contributed by atoms with Crippen LogP contribution in [0.5, 0.6) is 0 Å². The first-order valence-corrected chi connectivity index (χ1v) is 12.2. The van der Waals surface area contributed by atoms with Gasteiger partial charge in [-0.3, -0.25) is 5.41 Å². The number of fused-ring (bicyclic) bond motifs is 1. The van der Waals surface area contributed by atoms with Crippen LogP contribution in [-0.4, -0.2) is 20.4 Å². The summed E-state index contributed by atoms with van der Waals surface area (Å²) in [5, 5.41) is 21.4. The molecule has 1 aliphatic rings. The van der Waals surface area contributed by atoms with E-state index in [0.29, 0.717) is 22.4 Å². The molecule has 4 N–H and O–H groups in total. The number of nitrogens with one attached hydrogen (secondary N) is 2. The third kappa shape index (κ3) is 5.37. The monoisotopic (exact) mass is 576 g/mol. The maximum absolute atomic E-state index is 11.9. The zero-order chi connectivity index (χ0) is 22.9. The lowest BCUT2D eigenvalue weighted by molar-refractivity contribution is 0.600. The van der Waals surface area contributed by atoms with Crippen molar-refractivity contribution in [1.82, 2.24) is 0 Å². The number of sulfone groups is 1. The van der Waals surface area contributed by atoms with Crippen molar-refractivity contribution >= 4 is 50.9 Å². The summed E-state index contributed by atoms with van der Waals surface area (Å²) in [5.41, 5.74) is 11.7. The molecule has 0 saturated carbocycles. The minimum Gasteiger partial charge on any atom is -0.398 e. The Balaban J connectivity index is 0.00000204. The van der Waals surface area contributed by atoms with Crippen molar-refractivity contribution in [2.24, 2.45) is 0 Å². The number of benzene rings is 3. The summed E-state index contributed by atoms with van der Waals surface area (Å²) in [6, 6.07) is 20.0. The summed E-state index contributed by atoms with van der Waals surface area (Å²) < 4.78 is 23.8. The van der Waals surface area contributed by atoms with Crippen molar-refractivity contribution in [2.75, 3.05) is 17.3 Å². The summed E-state index contributed by atoms with van der Waals surface area (Å²) in [6.07, 6.45) is 4.09. The van der Waals surface area contributed by atoms with Gasteiger partial charge in [-0.2, -0.15) is 5.26 Å². The van der Waals surface area contributed by atoms with Crippen molar-refractivity contribution in [3.05, 3.63) is 88.5 Å². The third-order valence-electron chi connectivity index (χ3n) is 5.80. The van der Waals surface area contributed by atoms with Gasteiger partial charge >= 0.3 is 0 Å². The average molecular weight is 577 g/mol. The van der Waals surface area contributed by atoms with Crippen LogP contribution in [-0.2, 0) is 16.3 Å². The Hall–Kier alpha value is -2.90. The predicted molar refractivity (Wildman–Crippen MR) is 146 cm³/mol. The van der Waals surface area contributed by atoms with Gasteiger partial charge < -0.3 is 11.1 Å². The van der Waals surface area contributed by atoms with Crippen LogP contribution in [0.4, 0.5) is 11.4 Å². The fourth-order valence-electron chi connectivity index (χ4n) is 4.14. The van der Waals surface area contributed by atoms with Crippen LogP contribution >= 0.6 is 24.0 Å². The summed E-state index contributed by atoms with van der Waals surface area (Å²) in [5.74, 6) is 0. The largest absolute Gasteiger partial charge is 0.398 e. The van der Waals surface area contributed by atoms with Crippen LogP contribution in [0, 0.1) is 16.7 Å². The van der Waals surface area contributed by atoms with Gasteiger partial charge in [0.05, 0.1) is 28.3 Å². The van der Waals surface area contributed by atoms with Crippen molar-refractivity contribution in [3.63, 3.8) is 0 Å². The number of halogens is 1. The molecular formula is C25H29IN4O2S. The lowest BCUT2D eigenvalue weighted by Gasteiger charge is -2.28. The molecule has 0 saturated heterocycles. The van der Waals surface area contributed by atoms with Crippen molar-refractivity contribution in [1.29, 1.82) is 10.7 Å². The summed E-state index contributed by atoms with van der Waals surface area (Å²) in [7, 11) is -3.37. The summed E-state index contributed by atoms with van der Waals surface area (Å²) in [6.45, 7) is 0. The molecule has 0 unspecified atom stereocenters. The Labute approximate surface area is 214 Å². The molecule has 0 radical (unpaired) electrons. The maximum atomic E-state index is 11.9. The molecule has 33 heavy (non-hydrogen) atoms. The molecular weight excluding hydrogens is 547 g/mol. The highest BCUT2D eigenvalue weighted by molar-refractivity contribution is 14.0. The van der Waals surface area contributed by atoms with Gasteiger partial charge in [0.2, 0.25) is 0 Å². The van der Waals surface area contributed by atoms with E-state index in [1.54, 1.807) is 18.2 Å². The second kappa shape index (κ2) is 9.93. The predicted octanol–water partition coefficient (Wildman–Crippen LogP) is 5.56. The Morgan fingerprint density at radius 1 is 1.18 bits per heavy atom. The maximum Gasteiger partial charge on any atom is 0.175 e. The van der Waals surface area contributed by atoms with E-state index in [4.69, 9.17) is 11.1 Å². The molecule has 0 aliphatic heterocycles. The van der Waals surface area contributed by atoms with E-state index in [0.717, 1.165) is 31.2 Å². The number of nitrogens with two attached hydrogens (primary N) is 1. The average Bonchev–Trinajstić information content (AvgIpc) is 2.79. The molecule has 0 spiro atoms. The Bertz CT molecular complexity index is 1370. The highest BCUT2D eigenvalue weighted by Gasteiger charge is 2.21. The smallest absolute Gasteiger partial charge is 0.175 e. The molecule has 0 fully saturated rings. The van der Waals surface area contributed by atoms with E-state index in [1.807, 2.05) is 30.3 Å². The number of anilines is 2. The molecule has 0 heterocycles. The molecule has 1 aliphatic carbocycles. The Kier molecular flexibility index (Phi) is 7.44. The van der Waals surface area contributed by atoms with E-state index >= 15 is 0 Å². The quantitative estimate of drug-likeness (QED) is 0.209. The first-order valence-electron chi connectivity index (χ1n) is 10.3. The van der Waals surface area contributed by atoms with Gasteiger partial charge in [0.1, 0.15) is 0 Å². The van der Waals surface area contributed by atoms with Crippen LogP contribution in [0.2, 0.25) is 0 Å². The summed E-state index contributed by atoms with van der Waals surface area (Å²) >= 11 is 0.